The number of rotatable bonds is 2. The van der Waals surface area contributed by atoms with Crippen molar-refractivity contribution in [2.24, 2.45) is 0 Å². The highest BCUT2D eigenvalue weighted by molar-refractivity contribution is 5.95. The van der Waals surface area contributed by atoms with Crippen LogP contribution in [0, 0.1) is 0 Å². The zero-order chi connectivity index (χ0) is 11.5. The lowest BCUT2D eigenvalue weighted by Crippen LogP contribution is -2.30. The first-order valence-electron chi connectivity index (χ1n) is 3.82. The quantitative estimate of drug-likeness (QED) is 0.823. The lowest BCUT2D eigenvalue weighted by atomic mass is 10.4. The van der Waals surface area contributed by atoms with E-state index in [2.05, 4.69) is 4.98 Å². The normalized spacial score (nSPS) is 10.9. The van der Waals surface area contributed by atoms with Crippen LogP contribution in [0.2, 0.25) is 0 Å². The predicted molar refractivity (Wildman–Crippen MR) is 45.5 cm³/mol. The first kappa shape index (κ1) is 11.3. The highest BCUT2D eigenvalue weighted by Gasteiger charge is 2.39. The molecule has 7 heteroatoms. The smallest absolute Gasteiger partial charge is 0.471 e. The van der Waals surface area contributed by atoms with Gasteiger partial charge in [0, 0.05) is 6.20 Å². The summed E-state index contributed by atoms with van der Waals surface area (Å²) in [6.07, 6.45) is -3.70. The minimum Gasteiger partial charge on any atom is -0.493 e. The fourth-order valence-corrected chi connectivity index (χ4v) is 0.828. The van der Waals surface area contributed by atoms with Gasteiger partial charge in [0.1, 0.15) is 0 Å². The number of amides is 1. The van der Waals surface area contributed by atoms with Gasteiger partial charge in [0.25, 0.3) is 0 Å². The molecule has 0 bridgehead atoms. The van der Waals surface area contributed by atoms with Crippen LogP contribution in [0.3, 0.4) is 0 Å². The van der Waals surface area contributed by atoms with E-state index in [1.165, 1.54) is 25.4 Å². The van der Waals surface area contributed by atoms with Gasteiger partial charge in [-0.25, -0.2) is 4.98 Å². The predicted octanol–water partition coefficient (Wildman–Crippen LogP) is 1.59. The van der Waals surface area contributed by atoms with Crippen molar-refractivity contribution in [2.45, 2.75) is 6.18 Å². The summed E-state index contributed by atoms with van der Waals surface area (Å²) in [7, 11) is 1.26. The molecule has 0 saturated heterocycles. The zero-order valence-corrected chi connectivity index (χ0v) is 7.63. The number of carbonyl (C=O) groups excluding carboxylic acids is 1. The van der Waals surface area contributed by atoms with Gasteiger partial charge in [-0.1, -0.05) is 0 Å². The van der Waals surface area contributed by atoms with Crippen molar-refractivity contribution in [1.29, 1.82) is 0 Å². The molecule has 0 radical (unpaired) electrons. The number of aromatic nitrogens is 1. The second-order valence-electron chi connectivity index (χ2n) is 2.51. The first-order chi connectivity index (χ1) is 6.95. The van der Waals surface area contributed by atoms with Gasteiger partial charge in [0.2, 0.25) is 0 Å². The maximum atomic E-state index is 11.9. The van der Waals surface area contributed by atoms with Crippen LogP contribution in [-0.4, -0.2) is 24.2 Å². The van der Waals surface area contributed by atoms with Gasteiger partial charge in [0.05, 0.1) is 7.11 Å². The van der Waals surface area contributed by atoms with Crippen molar-refractivity contribution in [3.8, 4) is 5.75 Å². The molecule has 0 atom stereocenters. The number of nitrogens with one attached hydrogen (secondary N) is 1. The SMILES string of the molecule is COc1cccnc1NC(=O)C(F)(F)F. The summed E-state index contributed by atoms with van der Waals surface area (Å²) in [6.45, 7) is 0. The highest BCUT2D eigenvalue weighted by atomic mass is 19.4. The third kappa shape index (κ3) is 2.83. The molecule has 4 nitrogen and oxygen atoms in total. The van der Waals surface area contributed by atoms with Crippen LogP contribution in [0.4, 0.5) is 19.0 Å². The molecular formula is C8H7F3N2O2. The van der Waals surface area contributed by atoms with Gasteiger partial charge < -0.3 is 4.74 Å². The van der Waals surface area contributed by atoms with E-state index in [-0.39, 0.29) is 11.6 Å². The van der Waals surface area contributed by atoms with Crippen LogP contribution < -0.4 is 10.1 Å². The molecule has 0 saturated carbocycles. The number of nitrogens with zero attached hydrogens (tertiary/aromatic N) is 1. The van der Waals surface area contributed by atoms with Crippen molar-refractivity contribution in [3.05, 3.63) is 18.3 Å². The van der Waals surface area contributed by atoms with Crippen molar-refractivity contribution in [3.63, 3.8) is 0 Å². The topological polar surface area (TPSA) is 51.2 Å². The number of ether oxygens (including phenoxy) is 1. The monoisotopic (exact) mass is 220 g/mol. The van der Waals surface area contributed by atoms with Crippen molar-refractivity contribution < 1.29 is 22.7 Å². The summed E-state index contributed by atoms with van der Waals surface area (Å²) in [4.78, 5) is 14.1. The second-order valence-corrected chi connectivity index (χ2v) is 2.51. The molecule has 0 aliphatic heterocycles. The molecule has 0 unspecified atom stereocenters. The summed E-state index contributed by atoms with van der Waals surface area (Å²) < 4.78 is 40.4. The standard InChI is InChI=1S/C8H7F3N2O2/c1-15-5-3-2-4-12-6(5)13-7(14)8(9,10)11/h2-4H,1H3,(H,12,13,14). The Morgan fingerprint density at radius 3 is 2.73 bits per heavy atom. The fraction of sp³-hybridized carbons (Fsp3) is 0.250. The third-order valence-corrected chi connectivity index (χ3v) is 1.48. The Bertz CT molecular complexity index is 365. The Labute approximate surface area is 83.1 Å². The van der Waals surface area contributed by atoms with Crippen LogP contribution in [0.15, 0.2) is 18.3 Å². The van der Waals surface area contributed by atoms with E-state index >= 15 is 0 Å². The molecule has 1 aromatic heterocycles. The van der Waals surface area contributed by atoms with Crippen LogP contribution in [-0.2, 0) is 4.79 Å². The molecule has 1 N–H and O–H groups in total. The van der Waals surface area contributed by atoms with Gasteiger partial charge in [0.15, 0.2) is 11.6 Å². The Morgan fingerprint density at radius 1 is 1.53 bits per heavy atom. The molecule has 1 heterocycles. The number of pyridine rings is 1. The van der Waals surface area contributed by atoms with Crippen molar-refractivity contribution in [1.82, 2.24) is 4.98 Å². The van der Waals surface area contributed by atoms with Crippen LogP contribution in [0.1, 0.15) is 0 Å². The maximum Gasteiger partial charge on any atom is 0.471 e. The first-order valence-corrected chi connectivity index (χ1v) is 3.82. The van der Waals surface area contributed by atoms with E-state index in [4.69, 9.17) is 4.74 Å². The van der Waals surface area contributed by atoms with E-state index in [0.717, 1.165) is 0 Å². The van der Waals surface area contributed by atoms with E-state index in [9.17, 15) is 18.0 Å². The van der Waals surface area contributed by atoms with Gasteiger partial charge >= 0.3 is 12.1 Å². The molecule has 0 spiro atoms. The molecular weight excluding hydrogens is 213 g/mol. The van der Waals surface area contributed by atoms with E-state index < -0.39 is 12.1 Å². The Kier molecular flexibility index (Phi) is 3.13. The number of hydrogen-bond acceptors (Lipinski definition) is 3. The largest absolute Gasteiger partial charge is 0.493 e. The van der Waals surface area contributed by atoms with Gasteiger partial charge in [-0.2, -0.15) is 13.2 Å². The van der Waals surface area contributed by atoms with Crippen LogP contribution in [0.25, 0.3) is 0 Å². The molecule has 1 rings (SSSR count). The molecule has 82 valence electrons. The molecule has 0 aromatic carbocycles. The number of anilines is 1. The van der Waals surface area contributed by atoms with E-state index in [1.54, 1.807) is 5.32 Å². The van der Waals surface area contributed by atoms with E-state index in [1.807, 2.05) is 0 Å². The minimum absolute atomic E-state index is 0.0649. The van der Waals surface area contributed by atoms with E-state index in [0.29, 0.717) is 0 Å². The molecule has 0 aliphatic carbocycles. The molecule has 1 aromatic rings. The summed E-state index contributed by atoms with van der Waals surface area (Å²) in [5.74, 6) is -2.28. The number of alkyl halides is 3. The Hall–Kier alpha value is -1.79. The van der Waals surface area contributed by atoms with Crippen molar-refractivity contribution >= 4 is 11.7 Å². The summed E-state index contributed by atoms with van der Waals surface area (Å²) in [5, 5.41) is 1.60. The van der Waals surface area contributed by atoms with Gasteiger partial charge in [-0.3, -0.25) is 10.1 Å². The minimum atomic E-state index is -4.94. The summed E-state index contributed by atoms with van der Waals surface area (Å²) >= 11 is 0. The van der Waals surface area contributed by atoms with Crippen LogP contribution in [0.5, 0.6) is 5.75 Å². The zero-order valence-electron chi connectivity index (χ0n) is 7.63. The number of methoxy groups -OCH3 is 1. The molecule has 15 heavy (non-hydrogen) atoms. The second kappa shape index (κ2) is 4.16. The average Bonchev–Trinajstić information content (AvgIpc) is 2.17. The van der Waals surface area contributed by atoms with Crippen molar-refractivity contribution in [2.75, 3.05) is 12.4 Å². The third-order valence-electron chi connectivity index (χ3n) is 1.48. The number of carbonyl (C=O) groups is 1. The highest BCUT2D eigenvalue weighted by Crippen LogP contribution is 2.23. The van der Waals surface area contributed by atoms with Gasteiger partial charge in [-0.15, -0.1) is 0 Å². The molecule has 1 amide bonds. The lowest BCUT2D eigenvalue weighted by molar-refractivity contribution is -0.167. The number of hydrogen-bond donors (Lipinski definition) is 1. The summed E-state index contributed by atoms with van der Waals surface area (Å²) in [5.41, 5.74) is 0. The molecule has 0 fully saturated rings. The molecule has 0 aliphatic rings. The Morgan fingerprint density at radius 2 is 2.20 bits per heavy atom. The van der Waals surface area contributed by atoms with Gasteiger partial charge in [-0.05, 0) is 12.1 Å². The number of halogens is 3. The van der Waals surface area contributed by atoms with Crippen LogP contribution >= 0.6 is 0 Å². The Balaban J connectivity index is 2.85. The average molecular weight is 220 g/mol. The fourth-order valence-electron chi connectivity index (χ4n) is 0.828. The maximum absolute atomic E-state index is 11.9. The lowest BCUT2D eigenvalue weighted by Gasteiger charge is -2.09. The summed E-state index contributed by atoms with van der Waals surface area (Å²) in [6, 6.07) is 2.86.